The van der Waals surface area contributed by atoms with Crippen molar-refractivity contribution in [2.75, 3.05) is 19.0 Å². The smallest absolute Gasteiger partial charge is 0.322 e. The van der Waals surface area contributed by atoms with Gasteiger partial charge in [-0.15, -0.1) is 0 Å². The van der Waals surface area contributed by atoms with E-state index in [4.69, 9.17) is 20.9 Å². The number of anilines is 1. The van der Waals surface area contributed by atoms with Crippen molar-refractivity contribution in [3.63, 3.8) is 0 Å². The Bertz CT molecular complexity index is 532. The van der Waals surface area contributed by atoms with Crippen molar-refractivity contribution in [1.82, 2.24) is 25.1 Å². The summed E-state index contributed by atoms with van der Waals surface area (Å²) in [6, 6.07) is 0.160. The number of ether oxygens (including phenoxy) is 1. The van der Waals surface area contributed by atoms with Gasteiger partial charge in [0, 0.05) is 19.9 Å². The molecule has 0 aliphatic carbocycles. The fourth-order valence-corrected chi connectivity index (χ4v) is 1.38. The Hall–Kier alpha value is -1.96. The molecule has 18 heavy (non-hydrogen) atoms. The summed E-state index contributed by atoms with van der Waals surface area (Å²) in [6.45, 7) is 2.28. The zero-order valence-electron chi connectivity index (χ0n) is 9.84. The molecule has 0 bridgehead atoms. The van der Waals surface area contributed by atoms with Crippen molar-refractivity contribution >= 4 is 17.5 Å². The Kier molecular flexibility index (Phi) is 3.88. The zero-order chi connectivity index (χ0) is 13.0. The lowest BCUT2D eigenvalue weighted by atomic mass is 10.4. The van der Waals surface area contributed by atoms with Gasteiger partial charge in [0.15, 0.2) is 5.82 Å². The monoisotopic (exact) mass is 270 g/mol. The van der Waals surface area contributed by atoms with Crippen LogP contribution in [0.15, 0.2) is 4.52 Å². The standard InChI is InChI=1S/C9H11ClN6O2/c1-5-12-6(16-18-5)3-4-11-8-13-7(10)14-9(15-8)17-2/h3-4H2,1-2H3,(H,11,13,14,15). The molecular weight excluding hydrogens is 260 g/mol. The number of methoxy groups -OCH3 is 1. The van der Waals surface area contributed by atoms with E-state index in [2.05, 4.69) is 30.4 Å². The van der Waals surface area contributed by atoms with E-state index in [1.807, 2.05) is 0 Å². The summed E-state index contributed by atoms with van der Waals surface area (Å²) >= 11 is 5.71. The summed E-state index contributed by atoms with van der Waals surface area (Å²) in [4.78, 5) is 15.7. The second kappa shape index (κ2) is 5.58. The van der Waals surface area contributed by atoms with Gasteiger partial charge in [-0.1, -0.05) is 5.16 Å². The highest BCUT2D eigenvalue weighted by Crippen LogP contribution is 2.10. The average Bonchev–Trinajstić information content (AvgIpc) is 2.74. The normalized spacial score (nSPS) is 10.4. The summed E-state index contributed by atoms with van der Waals surface area (Å²) in [5.74, 6) is 1.49. The Labute approximate surface area is 108 Å². The van der Waals surface area contributed by atoms with Crippen LogP contribution in [-0.2, 0) is 6.42 Å². The van der Waals surface area contributed by atoms with Crippen LogP contribution in [-0.4, -0.2) is 38.7 Å². The van der Waals surface area contributed by atoms with Crippen LogP contribution < -0.4 is 10.1 Å². The second-order valence-electron chi connectivity index (χ2n) is 3.32. The van der Waals surface area contributed by atoms with Crippen LogP contribution >= 0.6 is 11.6 Å². The van der Waals surface area contributed by atoms with E-state index >= 15 is 0 Å². The second-order valence-corrected chi connectivity index (χ2v) is 3.66. The van der Waals surface area contributed by atoms with Crippen molar-refractivity contribution in [3.8, 4) is 6.01 Å². The number of aryl methyl sites for hydroxylation is 1. The molecule has 2 rings (SSSR count). The van der Waals surface area contributed by atoms with Gasteiger partial charge in [0.1, 0.15) is 0 Å². The molecule has 0 atom stereocenters. The topological polar surface area (TPSA) is 98.9 Å². The predicted octanol–water partition coefficient (Wildman–Crippen LogP) is 0.880. The number of hydrogen-bond acceptors (Lipinski definition) is 8. The summed E-state index contributed by atoms with van der Waals surface area (Å²) < 4.78 is 9.73. The summed E-state index contributed by atoms with van der Waals surface area (Å²) in [5, 5.41) is 6.81. The lowest BCUT2D eigenvalue weighted by molar-refractivity contribution is 0.378. The van der Waals surface area contributed by atoms with Crippen LogP contribution in [0.5, 0.6) is 6.01 Å². The molecule has 0 fully saturated rings. The van der Waals surface area contributed by atoms with E-state index in [0.717, 1.165) is 0 Å². The fourth-order valence-electron chi connectivity index (χ4n) is 1.23. The molecule has 2 aromatic heterocycles. The van der Waals surface area contributed by atoms with Gasteiger partial charge in [-0.25, -0.2) is 0 Å². The summed E-state index contributed by atoms with van der Waals surface area (Å²) in [5.41, 5.74) is 0. The molecule has 0 spiro atoms. The third-order valence-corrected chi connectivity index (χ3v) is 2.14. The van der Waals surface area contributed by atoms with Crippen LogP contribution in [0.1, 0.15) is 11.7 Å². The Morgan fingerprint density at radius 3 is 2.78 bits per heavy atom. The maximum absolute atomic E-state index is 5.71. The van der Waals surface area contributed by atoms with Crippen molar-refractivity contribution < 1.29 is 9.26 Å². The third kappa shape index (κ3) is 3.27. The fraction of sp³-hybridized carbons (Fsp3) is 0.444. The quantitative estimate of drug-likeness (QED) is 0.855. The van der Waals surface area contributed by atoms with Gasteiger partial charge in [0.25, 0.3) is 0 Å². The molecule has 2 heterocycles. The molecule has 0 saturated carbocycles. The average molecular weight is 271 g/mol. The Morgan fingerprint density at radius 2 is 2.11 bits per heavy atom. The molecule has 9 heteroatoms. The maximum Gasteiger partial charge on any atom is 0.322 e. The molecule has 0 aromatic carbocycles. The molecule has 2 aromatic rings. The molecule has 0 amide bonds. The molecule has 96 valence electrons. The van der Waals surface area contributed by atoms with Crippen LogP contribution in [0, 0.1) is 6.92 Å². The predicted molar refractivity (Wildman–Crippen MR) is 62.6 cm³/mol. The lowest BCUT2D eigenvalue weighted by Gasteiger charge is -2.04. The Balaban J connectivity index is 1.91. The molecule has 0 radical (unpaired) electrons. The van der Waals surface area contributed by atoms with E-state index in [9.17, 15) is 0 Å². The molecule has 0 saturated heterocycles. The number of halogens is 1. The Morgan fingerprint density at radius 1 is 1.28 bits per heavy atom. The van der Waals surface area contributed by atoms with Gasteiger partial charge in [0.05, 0.1) is 7.11 Å². The highest BCUT2D eigenvalue weighted by molar-refractivity contribution is 6.28. The number of rotatable bonds is 5. The van der Waals surface area contributed by atoms with Crippen LogP contribution in [0.2, 0.25) is 5.28 Å². The molecule has 0 aliphatic heterocycles. The number of nitrogens with one attached hydrogen (secondary N) is 1. The van der Waals surface area contributed by atoms with E-state index in [1.54, 1.807) is 6.92 Å². The van der Waals surface area contributed by atoms with Crippen LogP contribution in [0.4, 0.5) is 5.95 Å². The van der Waals surface area contributed by atoms with E-state index in [-0.39, 0.29) is 11.3 Å². The largest absolute Gasteiger partial charge is 0.467 e. The highest BCUT2D eigenvalue weighted by Gasteiger charge is 2.06. The third-order valence-electron chi connectivity index (χ3n) is 1.97. The molecule has 0 aliphatic rings. The van der Waals surface area contributed by atoms with Gasteiger partial charge >= 0.3 is 6.01 Å². The van der Waals surface area contributed by atoms with Crippen molar-refractivity contribution in [2.45, 2.75) is 13.3 Å². The van der Waals surface area contributed by atoms with Crippen molar-refractivity contribution in [1.29, 1.82) is 0 Å². The first-order chi connectivity index (χ1) is 8.67. The lowest BCUT2D eigenvalue weighted by Crippen LogP contribution is -2.10. The van der Waals surface area contributed by atoms with Gasteiger partial charge < -0.3 is 14.6 Å². The van der Waals surface area contributed by atoms with E-state index < -0.39 is 0 Å². The minimum absolute atomic E-state index is 0.0692. The number of nitrogens with zero attached hydrogens (tertiary/aromatic N) is 5. The zero-order valence-corrected chi connectivity index (χ0v) is 10.6. The summed E-state index contributed by atoms with van der Waals surface area (Å²) in [6.07, 6.45) is 0.586. The minimum atomic E-state index is 0.0692. The van der Waals surface area contributed by atoms with Crippen molar-refractivity contribution in [3.05, 3.63) is 17.0 Å². The number of aromatic nitrogens is 5. The molecule has 1 N–H and O–H groups in total. The van der Waals surface area contributed by atoms with Gasteiger partial charge in [-0.05, 0) is 11.6 Å². The highest BCUT2D eigenvalue weighted by atomic mass is 35.5. The molecule has 0 unspecified atom stereocenters. The van der Waals surface area contributed by atoms with Crippen LogP contribution in [0.3, 0.4) is 0 Å². The first kappa shape index (κ1) is 12.5. The molecule has 8 nitrogen and oxygen atoms in total. The number of hydrogen-bond donors (Lipinski definition) is 1. The maximum atomic E-state index is 5.71. The van der Waals surface area contributed by atoms with Gasteiger partial charge in [-0.3, -0.25) is 0 Å². The van der Waals surface area contributed by atoms with E-state index in [1.165, 1.54) is 7.11 Å². The minimum Gasteiger partial charge on any atom is -0.467 e. The van der Waals surface area contributed by atoms with Crippen LogP contribution in [0.25, 0.3) is 0 Å². The first-order valence-corrected chi connectivity index (χ1v) is 5.54. The van der Waals surface area contributed by atoms with Gasteiger partial charge in [-0.2, -0.15) is 19.9 Å². The van der Waals surface area contributed by atoms with Gasteiger partial charge in [0.2, 0.25) is 17.1 Å². The van der Waals surface area contributed by atoms with Crippen molar-refractivity contribution in [2.24, 2.45) is 0 Å². The SMILES string of the molecule is COc1nc(Cl)nc(NCCc2noc(C)n2)n1. The first-order valence-electron chi connectivity index (χ1n) is 5.16. The van der Waals surface area contributed by atoms with E-state index in [0.29, 0.717) is 30.6 Å². The molecular formula is C9H11ClN6O2. The summed E-state index contributed by atoms with van der Waals surface area (Å²) in [7, 11) is 1.46.